The standard InChI is InChI=1S/C14H16N2O/c1-3-16-8-7-15-14(16)10-13(17)12-6-4-5-11(2)9-12/h4-9H,3,10H2,1-2H3. The summed E-state index contributed by atoms with van der Waals surface area (Å²) in [7, 11) is 0. The van der Waals surface area contributed by atoms with Crippen LogP contribution in [0.4, 0.5) is 0 Å². The van der Waals surface area contributed by atoms with E-state index < -0.39 is 0 Å². The number of benzene rings is 1. The van der Waals surface area contributed by atoms with Crippen molar-refractivity contribution in [1.29, 1.82) is 0 Å². The summed E-state index contributed by atoms with van der Waals surface area (Å²) in [5.41, 5.74) is 1.87. The molecule has 0 amide bonds. The molecule has 0 spiro atoms. The Morgan fingerprint density at radius 3 is 2.94 bits per heavy atom. The number of hydrogen-bond acceptors (Lipinski definition) is 2. The Morgan fingerprint density at radius 1 is 1.41 bits per heavy atom. The lowest BCUT2D eigenvalue weighted by molar-refractivity contribution is 0.0989. The summed E-state index contributed by atoms with van der Waals surface area (Å²) >= 11 is 0. The third-order valence-electron chi connectivity index (χ3n) is 2.80. The average Bonchev–Trinajstić information content (AvgIpc) is 2.76. The normalized spacial score (nSPS) is 10.5. The molecule has 17 heavy (non-hydrogen) atoms. The second-order valence-corrected chi connectivity index (χ2v) is 4.10. The van der Waals surface area contributed by atoms with E-state index in [0.29, 0.717) is 6.42 Å². The van der Waals surface area contributed by atoms with E-state index in [1.54, 1.807) is 6.20 Å². The molecule has 0 aliphatic carbocycles. The van der Waals surface area contributed by atoms with Gasteiger partial charge in [0.1, 0.15) is 5.82 Å². The fourth-order valence-corrected chi connectivity index (χ4v) is 1.86. The first-order chi connectivity index (χ1) is 8.20. The van der Waals surface area contributed by atoms with Crippen LogP contribution in [0.3, 0.4) is 0 Å². The van der Waals surface area contributed by atoms with Gasteiger partial charge < -0.3 is 4.57 Å². The van der Waals surface area contributed by atoms with Gasteiger partial charge in [0.05, 0.1) is 6.42 Å². The molecule has 0 bridgehead atoms. The predicted octanol–water partition coefficient (Wildman–Crippen LogP) is 2.64. The van der Waals surface area contributed by atoms with Crippen LogP contribution in [0, 0.1) is 6.92 Å². The first-order valence-corrected chi connectivity index (χ1v) is 5.80. The zero-order valence-electron chi connectivity index (χ0n) is 10.2. The van der Waals surface area contributed by atoms with Crippen molar-refractivity contribution in [3.8, 4) is 0 Å². The van der Waals surface area contributed by atoms with Crippen molar-refractivity contribution in [3.05, 3.63) is 53.6 Å². The van der Waals surface area contributed by atoms with Gasteiger partial charge in [-0.15, -0.1) is 0 Å². The molecular formula is C14H16N2O. The lowest BCUT2D eigenvalue weighted by atomic mass is 10.1. The molecule has 3 heteroatoms. The Kier molecular flexibility index (Phi) is 3.38. The molecule has 0 unspecified atom stereocenters. The summed E-state index contributed by atoms with van der Waals surface area (Å²) in [4.78, 5) is 16.3. The highest BCUT2D eigenvalue weighted by Crippen LogP contribution is 2.08. The summed E-state index contributed by atoms with van der Waals surface area (Å²) in [6.45, 7) is 4.88. The van der Waals surface area contributed by atoms with Gasteiger partial charge in [-0.1, -0.05) is 23.8 Å². The van der Waals surface area contributed by atoms with Crippen LogP contribution >= 0.6 is 0 Å². The van der Waals surface area contributed by atoms with E-state index in [4.69, 9.17) is 0 Å². The largest absolute Gasteiger partial charge is 0.335 e. The Morgan fingerprint density at radius 2 is 2.24 bits per heavy atom. The zero-order valence-corrected chi connectivity index (χ0v) is 10.2. The van der Waals surface area contributed by atoms with Gasteiger partial charge in [0.2, 0.25) is 0 Å². The lowest BCUT2D eigenvalue weighted by Gasteiger charge is -2.04. The Bertz CT molecular complexity index is 529. The Labute approximate surface area is 101 Å². The van der Waals surface area contributed by atoms with E-state index >= 15 is 0 Å². The summed E-state index contributed by atoms with van der Waals surface area (Å²) in [5, 5.41) is 0. The highest BCUT2D eigenvalue weighted by Gasteiger charge is 2.10. The second kappa shape index (κ2) is 4.95. The second-order valence-electron chi connectivity index (χ2n) is 4.10. The number of aromatic nitrogens is 2. The van der Waals surface area contributed by atoms with E-state index in [1.807, 2.05) is 48.9 Å². The van der Waals surface area contributed by atoms with Gasteiger partial charge in [-0.3, -0.25) is 4.79 Å². The fraction of sp³-hybridized carbons (Fsp3) is 0.286. The number of imidazole rings is 1. The number of hydrogen-bond donors (Lipinski definition) is 0. The predicted molar refractivity (Wildman–Crippen MR) is 67.1 cm³/mol. The molecule has 0 aliphatic heterocycles. The molecule has 2 rings (SSSR count). The van der Waals surface area contributed by atoms with Gasteiger partial charge in [0, 0.05) is 24.5 Å². The van der Waals surface area contributed by atoms with Gasteiger partial charge in [0.25, 0.3) is 0 Å². The van der Waals surface area contributed by atoms with E-state index in [1.165, 1.54) is 0 Å². The third kappa shape index (κ3) is 2.61. The zero-order chi connectivity index (χ0) is 12.3. The molecule has 0 N–H and O–H groups in total. The highest BCUT2D eigenvalue weighted by atomic mass is 16.1. The molecule has 0 fully saturated rings. The Balaban J connectivity index is 2.17. The minimum atomic E-state index is 0.120. The molecule has 0 saturated heterocycles. The summed E-state index contributed by atoms with van der Waals surface area (Å²) in [6, 6.07) is 7.68. The van der Waals surface area contributed by atoms with E-state index in [-0.39, 0.29) is 5.78 Å². The van der Waals surface area contributed by atoms with Crippen molar-refractivity contribution >= 4 is 5.78 Å². The number of Topliss-reactive ketones (excluding diaryl/α,β-unsaturated/α-hetero) is 1. The topological polar surface area (TPSA) is 34.9 Å². The number of nitrogens with zero attached hydrogens (tertiary/aromatic N) is 2. The smallest absolute Gasteiger partial charge is 0.170 e. The Hall–Kier alpha value is -1.90. The van der Waals surface area contributed by atoms with Crippen LogP contribution in [0.25, 0.3) is 0 Å². The van der Waals surface area contributed by atoms with Gasteiger partial charge in [-0.25, -0.2) is 4.98 Å². The molecule has 1 aromatic heterocycles. The summed E-state index contributed by atoms with van der Waals surface area (Å²) in [5.74, 6) is 0.952. The number of carbonyl (C=O) groups is 1. The van der Waals surface area contributed by atoms with Crippen molar-refractivity contribution < 1.29 is 4.79 Å². The van der Waals surface area contributed by atoms with E-state index in [2.05, 4.69) is 4.98 Å². The van der Waals surface area contributed by atoms with E-state index in [0.717, 1.165) is 23.5 Å². The minimum Gasteiger partial charge on any atom is -0.335 e. The van der Waals surface area contributed by atoms with Gasteiger partial charge in [0.15, 0.2) is 5.78 Å². The third-order valence-corrected chi connectivity index (χ3v) is 2.80. The highest BCUT2D eigenvalue weighted by molar-refractivity contribution is 5.97. The maximum absolute atomic E-state index is 12.1. The maximum Gasteiger partial charge on any atom is 0.170 e. The first-order valence-electron chi connectivity index (χ1n) is 5.80. The van der Waals surface area contributed by atoms with Gasteiger partial charge in [-0.2, -0.15) is 0 Å². The van der Waals surface area contributed by atoms with Crippen molar-refractivity contribution in [2.75, 3.05) is 0 Å². The molecule has 0 aliphatic rings. The molecule has 0 saturated carbocycles. The van der Waals surface area contributed by atoms with Crippen LogP contribution in [0.5, 0.6) is 0 Å². The quantitative estimate of drug-likeness (QED) is 0.754. The van der Waals surface area contributed by atoms with Crippen molar-refractivity contribution in [2.45, 2.75) is 26.8 Å². The van der Waals surface area contributed by atoms with Crippen LogP contribution in [0.2, 0.25) is 0 Å². The van der Waals surface area contributed by atoms with Crippen molar-refractivity contribution in [3.63, 3.8) is 0 Å². The monoisotopic (exact) mass is 228 g/mol. The lowest BCUT2D eigenvalue weighted by Crippen LogP contribution is -2.09. The van der Waals surface area contributed by atoms with Crippen LogP contribution < -0.4 is 0 Å². The molecule has 0 radical (unpaired) electrons. The van der Waals surface area contributed by atoms with Crippen LogP contribution in [-0.4, -0.2) is 15.3 Å². The molecule has 2 aromatic rings. The van der Waals surface area contributed by atoms with Crippen LogP contribution in [-0.2, 0) is 13.0 Å². The molecule has 88 valence electrons. The molecular weight excluding hydrogens is 212 g/mol. The van der Waals surface area contributed by atoms with E-state index in [9.17, 15) is 4.79 Å². The maximum atomic E-state index is 12.1. The summed E-state index contributed by atoms with van der Waals surface area (Å²) in [6.07, 6.45) is 4.01. The molecule has 0 atom stereocenters. The van der Waals surface area contributed by atoms with Crippen molar-refractivity contribution in [1.82, 2.24) is 9.55 Å². The number of carbonyl (C=O) groups excluding carboxylic acids is 1. The molecule has 1 heterocycles. The SMILES string of the molecule is CCn1ccnc1CC(=O)c1cccc(C)c1. The van der Waals surface area contributed by atoms with Crippen LogP contribution in [0.1, 0.15) is 28.7 Å². The summed E-state index contributed by atoms with van der Waals surface area (Å²) < 4.78 is 1.99. The van der Waals surface area contributed by atoms with Crippen molar-refractivity contribution in [2.24, 2.45) is 0 Å². The van der Waals surface area contributed by atoms with Gasteiger partial charge >= 0.3 is 0 Å². The number of rotatable bonds is 4. The molecule has 3 nitrogen and oxygen atoms in total. The van der Waals surface area contributed by atoms with Crippen LogP contribution in [0.15, 0.2) is 36.7 Å². The van der Waals surface area contributed by atoms with Gasteiger partial charge in [-0.05, 0) is 19.9 Å². The minimum absolute atomic E-state index is 0.120. The molecule has 1 aromatic carbocycles. The first kappa shape index (κ1) is 11.6. The average molecular weight is 228 g/mol. The fourth-order valence-electron chi connectivity index (χ4n) is 1.86. The number of ketones is 1. The number of aryl methyl sites for hydroxylation is 2.